The van der Waals surface area contributed by atoms with E-state index in [0.29, 0.717) is 5.75 Å². The van der Waals surface area contributed by atoms with E-state index in [0.717, 1.165) is 17.1 Å². The molecule has 2 atom stereocenters. The fourth-order valence-corrected chi connectivity index (χ4v) is 3.51. The van der Waals surface area contributed by atoms with E-state index in [9.17, 15) is 4.79 Å². The Morgan fingerprint density at radius 3 is 2.88 bits per heavy atom. The van der Waals surface area contributed by atoms with Crippen LogP contribution >= 0.6 is 11.8 Å². The van der Waals surface area contributed by atoms with Gasteiger partial charge in [-0.2, -0.15) is 11.8 Å². The van der Waals surface area contributed by atoms with Crippen LogP contribution in [0.2, 0.25) is 0 Å². The molecule has 3 nitrogen and oxygen atoms in total. The second-order valence-electron chi connectivity index (χ2n) is 3.83. The number of methoxy groups -OCH3 is 1. The summed E-state index contributed by atoms with van der Waals surface area (Å²) in [6.07, 6.45) is 0. The van der Waals surface area contributed by atoms with Crippen LogP contribution in [-0.2, 0) is 4.79 Å². The summed E-state index contributed by atoms with van der Waals surface area (Å²) in [5.74, 6) is 1.41. The number of benzene rings is 1. The van der Waals surface area contributed by atoms with Gasteiger partial charge in [-0.3, -0.25) is 4.79 Å². The maximum absolute atomic E-state index is 11.1. The molecule has 0 spiro atoms. The van der Waals surface area contributed by atoms with Crippen molar-refractivity contribution < 1.29 is 14.6 Å². The van der Waals surface area contributed by atoms with Gasteiger partial charge < -0.3 is 9.84 Å². The molecule has 1 heterocycles. The molecule has 2 rings (SSSR count). The van der Waals surface area contributed by atoms with E-state index in [1.165, 1.54) is 0 Å². The van der Waals surface area contributed by atoms with Crippen molar-refractivity contribution >= 4 is 17.7 Å². The molecule has 0 saturated carbocycles. The Balaban J connectivity index is 2.32. The molecule has 0 bridgehead atoms. The van der Waals surface area contributed by atoms with Gasteiger partial charge in [-0.05, 0) is 11.6 Å². The molecular weight excluding hydrogens is 224 g/mol. The third-order valence-electron chi connectivity index (χ3n) is 2.94. The predicted molar refractivity (Wildman–Crippen MR) is 64.2 cm³/mol. The molecule has 16 heavy (non-hydrogen) atoms. The lowest BCUT2D eigenvalue weighted by Gasteiger charge is -2.17. The zero-order chi connectivity index (χ0) is 11.5. The van der Waals surface area contributed by atoms with E-state index in [2.05, 4.69) is 0 Å². The molecule has 0 aliphatic carbocycles. The Kier molecular flexibility index (Phi) is 3.39. The summed E-state index contributed by atoms with van der Waals surface area (Å²) in [4.78, 5) is 11.1. The largest absolute Gasteiger partial charge is 0.496 e. The summed E-state index contributed by atoms with van der Waals surface area (Å²) in [7, 11) is 1.62. The fourth-order valence-electron chi connectivity index (χ4n) is 2.08. The van der Waals surface area contributed by atoms with E-state index in [1.54, 1.807) is 18.9 Å². The van der Waals surface area contributed by atoms with Gasteiger partial charge in [-0.1, -0.05) is 18.2 Å². The number of aliphatic carboxylic acids is 1. The predicted octanol–water partition coefficient (Wildman–Crippen LogP) is 2.23. The third kappa shape index (κ3) is 2.02. The lowest BCUT2D eigenvalue weighted by atomic mass is 9.88. The number of para-hydroxylation sites is 1. The highest BCUT2D eigenvalue weighted by atomic mass is 32.2. The molecule has 2 unspecified atom stereocenters. The monoisotopic (exact) mass is 238 g/mol. The van der Waals surface area contributed by atoms with Crippen LogP contribution in [-0.4, -0.2) is 29.7 Å². The SMILES string of the molecule is COc1ccccc1C1CSCC1C(=O)O. The fraction of sp³-hybridized carbons (Fsp3) is 0.417. The number of thioether (sulfide) groups is 1. The lowest BCUT2D eigenvalue weighted by Crippen LogP contribution is -2.20. The van der Waals surface area contributed by atoms with Crippen molar-refractivity contribution in [3.63, 3.8) is 0 Å². The van der Waals surface area contributed by atoms with Gasteiger partial charge in [-0.15, -0.1) is 0 Å². The van der Waals surface area contributed by atoms with Crippen molar-refractivity contribution in [1.82, 2.24) is 0 Å². The van der Waals surface area contributed by atoms with E-state index in [1.807, 2.05) is 24.3 Å². The number of carboxylic acids is 1. The zero-order valence-corrected chi connectivity index (χ0v) is 9.87. The Bertz CT molecular complexity index is 392. The minimum absolute atomic E-state index is 0.0682. The minimum atomic E-state index is -0.707. The summed E-state index contributed by atoms with van der Waals surface area (Å²) in [6.45, 7) is 0. The molecule has 1 aromatic carbocycles. The quantitative estimate of drug-likeness (QED) is 0.877. The molecule has 1 aliphatic heterocycles. The molecule has 1 N–H and O–H groups in total. The second kappa shape index (κ2) is 4.78. The number of rotatable bonds is 3. The third-order valence-corrected chi connectivity index (χ3v) is 4.13. The first-order valence-electron chi connectivity index (χ1n) is 5.17. The summed E-state index contributed by atoms with van der Waals surface area (Å²) in [5, 5.41) is 9.15. The second-order valence-corrected chi connectivity index (χ2v) is 4.91. The van der Waals surface area contributed by atoms with E-state index in [-0.39, 0.29) is 11.8 Å². The van der Waals surface area contributed by atoms with Gasteiger partial charge in [0.1, 0.15) is 5.75 Å². The van der Waals surface area contributed by atoms with Gasteiger partial charge in [0.25, 0.3) is 0 Å². The summed E-state index contributed by atoms with van der Waals surface area (Å²) < 4.78 is 5.28. The summed E-state index contributed by atoms with van der Waals surface area (Å²) in [6, 6.07) is 7.68. The minimum Gasteiger partial charge on any atom is -0.496 e. The van der Waals surface area contributed by atoms with Crippen molar-refractivity contribution in [3.05, 3.63) is 29.8 Å². The first-order chi connectivity index (χ1) is 7.74. The normalized spacial score (nSPS) is 24.3. The van der Waals surface area contributed by atoms with Gasteiger partial charge in [0.05, 0.1) is 13.0 Å². The topological polar surface area (TPSA) is 46.5 Å². The molecule has 1 saturated heterocycles. The average Bonchev–Trinajstić information content (AvgIpc) is 2.77. The molecule has 1 aliphatic rings. The maximum Gasteiger partial charge on any atom is 0.307 e. The Hall–Kier alpha value is -1.16. The van der Waals surface area contributed by atoms with E-state index < -0.39 is 5.97 Å². The van der Waals surface area contributed by atoms with Crippen molar-refractivity contribution in [2.75, 3.05) is 18.6 Å². The summed E-state index contributed by atoms with van der Waals surface area (Å²) in [5.41, 5.74) is 1.02. The van der Waals surface area contributed by atoms with Crippen LogP contribution in [0.25, 0.3) is 0 Å². The van der Waals surface area contributed by atoms with Crippen LogP contribution in [0.15, 0.2) is 24.3 Å². The smallest absolute Gasteiger partial charge is 0.307 e. The molecule has 1 aromatic rings. The van der Waals surface area contributed by atoms with Crippen molar-refractivity contribution in [2.45, 2.75) is 5.92 Å². The van der Waals surface area contributed by atoms with Crippen LogP contribution in [0, 0.1) is 5.92 Å². The van der Waals surface area contributed by atoms with Gasteiger partial charge in [0.15, 0.2) is 0 Å². The average molecular weight is 238 g/mol. The van der Waals surface area contributed by atoms with Gasteiger partial charge >= 0.3 is 5.97 Å². The molecule has 4 heteroatoms. The van der Waals surface area contributed by atoms with Gasteiger partial charge in [-0.25, -0.2) is 0 Å². The van der Waals surface area contributed by atoms with Crippen molar-refractivity contribution in [3.8, 4) is 5.75 Å². The van der Waals surface area contributed by atoms with Crippen molar-refractivity contribution in [2.24, 2.45) is 5.92 Å². The zero-order valence-electron chi connectivity index (χ0n) is 9.05. The number of hydrogen-bond acceptors (Lipinski definition) is 3. The first-order valence-corrected chi connectivity index (χ1v) is 6.33. The van der Waals surface area contributed by atoms with Crippen LogP contribution in [0.1, 0.15) is 11.5 Å². The standard InChI is InChI=1S/C12H14O3S/c1-15-11-5-3-2-4-8(11)9-6-16-7-10(9)12(13)14/h2-5,9-10H,6-7H2,1H3,(H,13,14). The van der Waals surface area contributed by atoms with Crippen LogP contribution < -0.4 is 4.74 Å². The number of carbonyl (C=O) groups is 1. The molecule has 0 amide bonds. The van der Waals surface area contributed by atoms with Crippen LogP contribution in [0.5, 0.6) is 5.75 Å². The highest BCUT2D eigenvalue weighted by Gasteiger charge is 2.35. The number of hydrogen-bond donors (Lipinski definition) is 1. The number of carboxylic acid groups (broad SMARTS) is 1. The number of ether oxygens (including phenoxy) is 1. The molecule has 0 radical (unpaired) electrons. The molecule has 0 aromatic heterocycles. The summed E-state index contributed by atoms with van der Waals surface area (Å²) >= 11 is 1.70. The highest BCUT2D eigenvalue weighted by molar-refractivity contribution is 7.99. The van der Waals surface area contributed by atoms with E-state index >= 15 is 0 Å². The Labute approximate surface area is 98.8 Å². The van der Waals surface area contributed by atoms with Gasteiger partial charge in [0, 0.05) is 17.4 Å². The Morgan fingerprint density at radius 2 is 2.19 bits per heavy atom. The highest BCUT2D eigenvalue weighted by Crippen LogP contribution is 2.41. The molecular formula is C12H14O3S. The van der Waals surface area contributed by atoms with Gasteiger partial charge in [0.2, 0.25) is 0 Å². The molecule has 86 valence electrons. The van der Waals surface area contributed by atoms with Crippen LogP contribution in [0.4, 0.5) is 0 Å². The van der Waals surface area contributed by atoms with Crippen LogP contribution in [0.3, 0.4) is 0 Å². The maximum atomic E-state index is 11.1. The van der Waals surface area contributed by atoms with E-state index in [4.69, 9.17) is 9.84 Å². The lowest BCUT2D eigenvalue weighted by molar-refractivity contribution is -0.141. The molecule has 1 fully saturated rings. The first kappa shape index (κ1) is 11.3. The van der Waals surface area contributed by atoms with Crippen molar-refractivity contribution in [1.29, 1.82) is 0 Å². The Morgan fingerprint density at radius 1 is 1.44 bits per heavy atom.